The van der Waals surface area contributed by atoms with E-state index >= 15 is 0 Å². The van der Waals surface area contributed by atoms with Gasteiger partial charge in [0.05, 0.1) is 6.04 Å². The molecule has 0 aliphatic carbocycles. The lowest BCUT2D eigenvalue weighted by Crippen LogP contribution is -2.09. The number of rotatable bonds is 3. The number of aryl methyl sites for hydroxylation is 2. The Hall–Kier alpha value is -1.90. The second-order valence-electron chi connectivity index (χ2n) is 4.89. The maximum absolute atomic E-state index is 13.7. The van der Waals surface area contributed by atoms with Gasteiger partial charge in [-0.2, -0.15) is 0 Å². The average molecular weight is 261 g/mol. The fraction of sp³-hybridized carbons (Fsp3) is 0.250. The van der Waals surface area contributed by atoms with Gasteiger partial charge < -0.3 is 5.32 Å². The highest BCUT2D eigenvalue weighted by molar-refractivity contribution is 5.50. The van der Waals surface area contributed by atoms with Crippen molar-refractivity contribution in [3.05, 3.63) is 64.7 Å². The Labute approximate surface area is 112 Å². The molecule has 0 bridgehead atoms. The molecule has 0 saturated heterocycles. The summed E-state index contributed by atoms with van der Waals surface area (Å²) in [6, 6.07) is 9.99. The fourth-order valence-electron chi connectivity index (χ4n) is 2.24. The van der Waals surface area contributed by atoms with E-state index in [0.29, 0.717) is 5.56 Å². The normalized spacial score (nSPS) is 12.3. The van der Waals surface area contributed by atoms with Crippen LogP contribution < -0.4 is 5.32 Å². The van der Waals surface area contributed by atoms with Gasteiger partial charge in [-0.3, -0.25) is 0 Å². The third kappa shape index (κ3) is 3.11. The van der Waals surface area contributed by atoms with Crippen LogP contribution in [0.5, 0.6) is 0 Å². The van der Waals surface area contributed by atoms with Gasteiger partial charge >= 0.3 is 0 Å². The van der Waals surface area contributed by atoms with Crippen LogP contribution in [0.25, 0.3) is 0 Å². The zero-order chi connectivity index (χ0) is 14.0. The van der Waals surface area contributed by atoms with Crippen LogP contribution in [0.3, 0.4) is 0 Å². The summed E-state index contributed by atoms with van der Waals surface area (Å²) < 4.78 is 26.9. The molecule has 0 heterocycles. The van der Waals surface area contributed by atoms with E-state index in [0.717, 1.165) is 22.9 Å². The lowest BCUT2D eigenvalue weighted by Gasteiger charge is -2.17. The van der Waals surface area contributed by atoms with Crippen LogP contribution in [0.15, 0.2) is 36.4 Å². The molecule has 0 radical (unpaired) electrons. The number of benzene rings is 2. The smallest absolute Gasteiger partial charge is 0.164 e. The standard InChI is InChI=1S/C16H17F2N/c1-10-7-11(2)9-13(8-10)19-12(3)14-5-4-6-15(17)16(14)18/h4-9,12,19H,1-3H3. The quantitative estimate of drug-likeness (QED) is 0.840. The molecule has 1 atom stereocenters. The van der Waals surface area contributed by atoms with Crippen molar-refractivity contribution in [1.82, 2.24) is 0 Å². The molecule has 0 spiro atoms. The Morgan fingerprint density at radius 2 is 1.63 bits per heavy atom. The number of hydrogen-bond acceptors (Lipinski definition) is 1. The van der Waals surface area contributed by atoms with Crippen molar-refractivity contribution in [3.8, 4) is 0 Å². The molecule has 0 saturated carbocycles. The first-order chi connectivity index (χ1) is 8.97. The van der Waals surface area contributed by atoms with Crippen LogP contribution in [-0.4, -0.2) is 0 Å². The average Bonchev–Trinajstić information content (AvgIpc) is 2.31. The summed E-state index contributed by atoms with van der Waals surface area (Å²) in [5, 5.41) is 3.20. The van der Waals surface area contributed by atoms with Gasteiger partial charge in [-0.05, 0) is 50.1 Å². The minimum atomic E-state index is -0.813. The summed E-state index contributed by atoms with van der Waals surface area (Å²) in [6.07, 6.45) is 0. The van der Waals surface area contributed by atoms with E-state index in [2.05, 4.69) is 11.4 Å². The predicted octanol–water partition coefficient (Wildman–Crippen LogP) is 4.75. The highest BCUT2D eigenvalue weighted by Crippen LogP contribution is 2.24. The molecule has 0 aliphatic rings. The van der Waals surface area contributed by atoms with Crippen LogP contribution in [0.2, 0.25) is 0 Å². The van der Waals surface area contributed by atoms with E-state index in [1.54, 1.807) is 6.07 Å². The molecule has 0 aromatic heterocycles. The van der Waals surface area contributed by atoms with Crippen molar-refractivity contribution in [2.24, 2.45) is 0 Å². The van der Waals surface area contributed by atoms with E-state index in [1.807, 2.05) is 32.9 Å². The second kappa shape index (κ2) is 5.39. The van der Waals surface area contributed by atoms with E-state index in [4.69, 9.17) is 0 Å². The summed E-state index contributed by atoms with van der Waals surface area (Å²) >= 11 is 0. The molecule has 1 N–H and O–H groups in total. The van der Waals surface area contributed by atoms with Gasteiger partial charge in [-0.15, -0.1) is 0 Å². The molecule has 19 heavy (non-hydrogen) atoms. The van der Waals surface area contributed by atoms with Crippen LogP contribution in [0, 0.1) is 25.5 Å². The molecule has 100 valence electrons. The highest BCUT2D eigenvalue weighted by atomic mass is 19.2. The summed E-state index contributed by atoms with van der Waals surface area (Å²) in [5.41, 5.74) is 3.51. The summed E-state index contributed by atoms with van der Waals surface area (Å²) in [5.74, 6) is -1.60. The van der Waals surface area contributed by atoms with E-state index in [1.165, 1.54) is 6.07 Å². The second-order valence-corrected chi connectivity index (χ2v) is 4.89. The molecule has 1 nitrogen and oxygen atoms in total. The number of anilines is 1. The molecule has 0 aliphatic heterocycles. The number of halogens is 2. The van der Waals surface area contributed by atoms with E-state index < -0.39 is 11.6 Å². The Morgan fingerprint density at radius 1 is 1.00 bits per heavy atom. The van der Waals surface area contributed by atoms with Crippen molar-refractivity contribution in [3.63, 3.8) is 0 Å². The van der Waals surface area contributed by atoms with Crippen molar-refractivity contribution in [2.75, 3.05) is 5.32 Å². The van der Waals surface area contributed by atoms with Crippen molar-refractivity contribution in [1.29, 1.82) is 0 Å². The largest absolute Gasteiger partial charge is 0.378 e. The number of nitrogens with one attached hydrogen (secondary N) is 1. The van der Waals surface area contributed by atoms with Gasteiger partial charge in [0.25, 0.3) is 0 Å². The Balaban J connectivity index is 2.25. The van der Waals surface area contributed by atoms with Gasteiger partial charge in [0, 0.05) is 11.3 Å². The minimum Gasteiger partial charge on any atom is -0.378 e. The first-order valence-corrected chi connectivity index (χ1v) is 6.26. The lowest BCUT2D eigenvalue weighted by molar-refractivity contribution is 0.494. The fourth-order valence-corrected chi connectivity index (χ4v) is 2.24. The zero-order valence-corrected chi connectivity index (χ0v) is 11.3. The topological polar surface area (TPSA) is 12.0 Å². The van der Waals surface area contributed by atoms with Crippen molar-refractivity contribution in [2.45, 2.75) is 26.8 Å². The third-order valence-electron chi connectivity index (χ3n) is 3.05. The summed E-state index contributed by atoms with van der Waals surface area (Å²) in [4.78, 5) is 0. The molecule has 0 fully saturated rings. The first kappa shape index (κ1) is 13.5. The third-order valence-corrected chi connectivity index (χ3v) is 3.05. The molecular formula is C16H17F2N. The van der Waals surface area contributed by atoms with E-state index in [9.17, 15) is 8.78 Å². The molecular weight excluding hydrogens is 244 g/mol. The van der Waals surface area contributed by atoms with Crippen LogP contribution in [0.1, 0.15) is 29.7 Å². The molecule has 2 aromatic carbocycles. The monoisotopic (exact) mass is 261 g/mol. The van der Waals surface area contributed by atoms with E-state index in [-0.39, 0.29) is 6.04 Å². The summed E-state index contributed by atoms with van der Waals surface area (Å²) in [7, 11) is 0. The van der Waals surface area contributed by atoms with Gasteiger partial charge in [-0.25, -0.2) is 8.78 Å². The predicted molar refractivity (Wildman–Crippen MR) is 74.3 cm³/mol. The van der Waals surface area contributed by atoms with Crippen LogP contribution in [0.4, 0.5) is 14.5 Å². The Kier molecular flexibility index (Phi) is 3.84. The first-order valence-electron chi connectivity index (χ1n) is 6.26. The highest BCUT2D eigenvalue weighted by Gasteiger charge is 2.14. The van der Waals surface area contributed by atoms with Gasteiger partial charge in [-0.1, -0.05) is 18.2 Å². The minimum absolute atomic E-state index is 0.295. The Bertz CT molecular complexity index is 573. The van der Waals surface area contributed by atoms with Crippen molar-refractivity contribution < 1.29 is 8.78 Å². The molecule has 2 rings (SSSR count). The molecule has 1 unspecified atom stereocenters. The van der Waals surface area contributed by atoms with Gasteiger partial charge in [0.15, 0.2) is 11.6 Å². The van der Waals surface area contributed by atoms with Crippen LogP contribution in [-0.2, 0) is 0 Å². The van der Waals surface area contributed by atoms with Crippen molar-refractivity contribution >= 4 is 5.69 Å². The molecule has 0 amide bonds. The SMILES string of the molecule is Cc1cc(C)cc(NC(C)c2cccc(F)c2F)c1. The summed E-state index contributed by atoms with van der Waals surface area (Å²) in [6.45, 7) is 5.83. The Morgan fingerprint density at radius 3 is 2.26 bits per heavy atom. The maximum atomic E-state index is 13.7. The van der Waals surface area contributed by atoms with Gasteiger partial charge in [0.1, 0.15) is 0 Å². The maximum Gasteiger partial charge on any atom is 0.164 e. The molecule has 2 aromatic rings. The number of hydrogen-bond donors (Lipinski definition) is 1. The lowest BCUT2D eigenvalue weighted by atomic mass is 10.1. The zero-order valence-electron chi connectivity index (χ0n) is 11.3. The molecule has 3 heteroatoms. The van der Waals surface area contributed by atoms with Crippen LogP contribution >= 0.6 is 0 Å². The van der Waals surface area contributed by atoms with Gasteiger partial charge in [0.2, 0.25) is 0 Å².